The van der Waals surface area contributed by atoms with E-state index >= 15 is 0 Å². The molecule has 1 aromatic rings. The standard InChI is InChI=1S/C13H18ClN/c1-9-6-12(14)8-13(7-9)15-10(2)4-5-11(15)3/h6-8,10-11H,4-5H2,1-3H3/t10-,11?/m0/s1. The van der Waals surface area contributed by atoms with E-state index in [9.17, 15) is 0 Å². The molecule has 1 aromatic carbocycles. The maximum absolute atomic E-state index is 6.10. The van der Waals surface area contributed by atoms with E-state index in [1.54, 1.807) is 0 Å². The second-order valence-electron chi connectivity index (χ2n) is 4.67. The van der Waals surface area contributed by atoms with E-state index in [2.05, 4.69) is 37.8 Å². The van der Waals surface area contributed by atoms with Crippen molar-refractivity contribution in [1.82, 2.24) is 0 Å². The molecule has 1 saturated heterocycles. The monoisotopic (exact) mass is 223 g/mol. The molecule has 1 aliphatic heterocycles. The zero-order valence-corrected chi connectivity index (χ0v) is 10.4. The van der Waals surface area contributed by atoms with Gasteiger partial charge in [-0.2, -0.15) is 0 Å². The Morgan fingerprint density at radius 3 is 2.27 bits per heavy atom. The lowest BCUT2D eigenvalue weighted by atomic mass is 10.2. The Balaban J connectivity index is 2.35. The van der Waals surface area contributed by atoms with Gasteiger partial charge in [-0.25, -0.2) is 0 Å². The van der Waals surface area contributed by atoms with Crippen LogP contribution in [0.15, 0.2) is 18.2 Å². The molecule has 0 spiro atoms. The number of benzene rings is 1. The number of nitrogens with zero attached hydrogens (tertiary/aromatic N) is 1. The van der Waals surface area contributed by atoms with Crippen LogP contribution in [0.25, 0.3) is 0 Å². The van der Waals surface area contributed by atoms with Crippen molar-refractivity contribution in [2.45, 2.75) is 45.7 Å². The van der Waals surface area contributed by atoms with Gasteiger partial charge in [-0.15, -0.1) is 0 Å². The van der Waals surface area contributed by atoms with Gasteiger partial charge in [0.1, 0.15) is 0 Å². The van der Waals surface area contributed by atoms with Crippen molar-refractivity contribution in [2.24, 2.45) is 0 Å². The van der Waals surface area contributed by atoms with Crippen LogP contribution in [0, 0.1) is 6.92 Å². The Labute approximate surface area is 97.0 Å². The third-order valence-electron chi connectivity index (χ3n) is 3.28. The predicted octanol–water partition coefficient (Wildman–Crippen LogP) is 4.03. The zero-order chi connectivity index (χ0) is 11.0. The molecule has 0 N–H and O–H groups in total. The lowest BCUT2D eigenvalue weighted by molar-refractivity contribution is 0.694. The maximum Gasteiger partial charge on any atom is 0.0429 e. The van der Waals surface area contributed by atoms with Crippen molar-refractivity contribution in [3.63, 3.8) is 0 Å². The molecule has 0 aromatic heterocycles. The van der Waals surface area contributed by atoms with Crippen LogP contribution in [0.1, 0.15) is 32.3 Å². The molecule has 2 heteroatoms. The molecule has 1 nitrogen and oxygen atoms in total. The van der Waals surface area contributed by atoms with E-state index < -0.39 is 0 Å². The molecule has 1 aliphatic rings. The first kappa shape index (κ1) is 10.8. The van der Waals surface area contributed by atoms with Gasteiger partial charge >= 0.3 is 0 Å². The quantitative estimate of drug-likeness (QED) is 0.695. The Bertz CT molecular complexity index is 331. The Kier molecular flexibility index (Phi) is 2.92. The average Bonchev–Trinajstić information content (AvgIpc) is 2.44. The molecule has 1 heterocycles. The summed E-state index contributed by atoms with van der Waals surface area (Å²) in [6, 6.07) is 7.59. The highest BCUT2D eigenvalue weighted by Crippen LogP contribution is 2.32. The SMILES string of the molecule is Cc1cc(Cl)cc(N2C(C)CC[C@@H]2C)c1. The summed E-state index contributed by atoms with van der Waals surface area (Å²) in [4.78, 5) is 2.48. The summed E-state index contributed by atoms with van der Waals surface area (Å²) < 4.78 is 0. The minimum Gasteiger partial charge on any atom is -0.366 e. The fourth-order valence-corrected chi connectivity index (χ4v) is 2.85. The van der Waals surface area contributed by atoms with Crippen molar-refractivity contribution >= 4 is 17.3 Å². The Hall–Kier alpha value is -0.690. The molecular formula is C13H18ClN. The molecule has 2 rings (SSSR count). The van der Waals surface area contributed by atoms with Crippen molar-refractivity contribution in [3.05, 3.63) is 28.8 Å². The second-order valence-corrected chi connectivity index (χ2v) is 5.11. The van der Waals surface area contributed by atoms with Crippen molar-refractivity contribution in [1.29, 1.82) is 0 Å². The van der Waals surface area contributed by atoms with Gasteiger partial charge in [-0.1, -0.05) is 11.6 Å². The van der Waals surface area contributed by atoms with Crippen LogP contribution in [0.3, 0.4) is 0 Å². The predicted molar refractivity (Wildman–Crippen MR) is 66.8 cm³/mol. The molecule has 1 unspecified atom stereocenters. The highest BCUT2D eigenvalue weighted by atomic mass is 35.5. The van der Waals surface area contributed by atoms with Crippen LogP contribution >= 0.6 is 11.6 Å². The smallest absolute Gasteiger partial charge is 0.0429 e. The summed E-state index contributed by atoms with van der Waals surface area (Å²) in [6.45, 7) is 6.68. The number of aryl methyl sites for hydroxylation is 1. The normalized spacial score (nSPS) is 26.0. The zero-order valence-electron chi connectivity index (χ0n) is 9.63. The van der Waals surface area contributed by atoms with Gasteiger partial charge < -0.3 is 4.90 Å². The molecule has 15 heavy (non-hydrogen) atoms. The van der Waals surface area contributed by atoms with Crippen LogP contribution in [0.4, 0.5) is 5.69 Å². The largest absolute Gasteiger partial charge is 0.366 e. The third-order valence-corrected chi connectivity index (χ3v) is 3.50. The Morgan fingerprint density at radius 1 is 1.13 bits per heavy atom. The van der Waals surface area contributed by atoms with Gasteiger partial charge in [0.05, 0.1) is 0 Å². The first-order valence-electron chi connectivity index (χ1n) is 5.63. The molecular weight excluding hydrogens is 206 g/mol. The fourth-order valence-electron chi connectivity index (χ4n) is 2.57. The number of hydrogen-bond acceptors (Lipinski definition) is 1. The number of rotatable bonds is 1. The van der Waals surface area contributed by atoms with Crippen LogP contribution in [-0.4, -0.2) is 12.1 Å². The summed E-state index contributed by atoms with van der Waals surface area (Å²) in [5.41, 5.74) is 2.52. The van der Waals surface area contributed by atoms with Gasteiger partial charge in [0.15, 0.2) is 0 Å². The van der Waals surface area contributed by atoms with E-state index in [0.717, 1.165) is 5.02 Å². The Morgan fingerprint density at radius 2 is 1.73 bits per heavy atom. The highest BCUT2D eigenvalue weighted by molar-refractivity contribution is 6.30. The van der Waals surface area contributed by atoms with Crippen molar-refractivity contribution < 1.29 is 0 Å². The summed E-state index contributed by atoms with van der Waals surface area (Å²) in [5, 5.41) is 0.844. The van der Waals surface area contributed by atoms with Crippen LogP contribution in [0.5, 0.6) is 0 Å². The first-order valence-corrected chi connectivity index (χ1v) is 6.01. The molecule has 0 bridgehead atoms. The average molecular weight is 224 g/mol. The molecule has 0 aliphatic carbocycles. The van der Waals surface area contributed by atoms with Gasteiger partial charge in [0.2, 0.25) is 0 Å². The highest BCUT2D eigenvalue weighted by Gasteiger charge is 2.27. The van der Waals surface area contributed by atoms with Gasteiger partial charge in [-0.3, -0.25) is 0 Å². The van der Waals surface area contributed by atoms with Crippen LogP contribution in [-0.2, 0) is 0 Å². The summed E-state index contributed by atoms with van der Waals surface area (Å²) in [6.07, 6.45) is 2.57. The van der Waals surface area contributed by atoms with Crippen molar-refractivity contribution in [3.8, 4) is 0 Å². The topological polar surface area (TPSA) is 3.24 Å². The molecule has 2 atom stereocenters. The van der Waals surface area contributed by atoms with E-state index in [-0.39, 0.29) is 0 Å². The summed E-state index contributed by atoms with van der Waals surface area (Å²) in [5.74, 6) is 0. The van der Waals surface area contributed by atoms with E-state index in [1.165, 1.54) is 24.1 Å². The first-order chi connectivity index (χ1) is 7.08. The van der Waals surface area contributed by atoms with Gasteiger partial charge in [-0.05, 0) is 57.4 Å². The lowest BCUT2D eigenvalue weighted by Crippen LogP contribution is -2.32. The molecule has 0 amide bonds. The molecule has 1 fully saturated rings. The fraction of sp³-hybridized carbons (Fsp3) is 0.538. The summed E-state index contributed by atoms with van der Waals surface area (Å²) in [7, 11) is 0. The second kappa shape index (κ2) is 4.05. The minimum atomic E-state index is 0.637. The number of halogens is 1. The molecule has 0 saturated carbocycles. The molecule has 82 valence electrons. The van der Waals surface area contributed by atoms with Crippen LogP contribution < -0.4 is 4.90 Å². The number of anilines is 1. The van der Waals surface area contributed by atoms with Crippen LogP contribution in [0.2, 0.25) is 5.02 Å². The van der Waals surface area contributed by atoms with Crippen molar-refractivity contribution in [2.75, 3.05) is 4.90 Å². The lowest BCUT2D eigenvalue weighted by Gasteiger charge is -2.29. The van der Waals surface area contributed by atoms with Gasteiger partial charge in [0, 0.05) is 22.8 Å². The van der Waals surface area contributed by atoms with E-state index in [1.807, 2.05) is 6.07 Å². The third kappa shape index (κ3) is 2.12. The maximum atomic E-state index is 6.10. The summed E-state index contributed by atoms with van der Waals surface area (Å²) >= 11 is 6.10. The van der Waals surface area contributed by atoms with E-state index in [4.69, 9.17) is 11.6 Å². The molecule has 0 radical (unpaired) electrons. The van der Waals surface area contributed by atoms with Gasteiger partial charge in [0.25, 0.3) is 0 Å². The number of hydrogen-bond donors (Lipinski definition) is 0. The van der Waals surface area contributed by atoms with E-state index in [0.29, 0.717) is 12.1 Å². The minimum absolute atomic E-state index is 0.637.